The fourth-order valence-corrected chi connectivity index (χ4v) is 2.68. The lowest BCUT2D eigenvalue weighted by atomic mass is 10.0. The average Bonchev–Trinajstić information content (AvgIpc) is 2.82. The third kappa shape index (κ3) is 2.81. The highest BCUT2D eigenvalue weighted by Crippen LogP contribution is 2.13. The molecule has 0 bridgehead atoms. The minimum atomic E-state index is -3.49. The lowest BCUT2D eigenvalue weighted by Gasteiger charge is -2.21. The van der Waals surface area contributed by atoms with Gasteiger partial charge in [0.1, 0.15) is 0 Å². The number of nitrogens with one attached hydrogen (secondary N) is 2. The van der Waals surface area contributed by atoms with E-state index in [1.165, 1.54) is 12.4 Å². The molecule has 0 radical (unpaired) electrons. The Morgan fingerprint density at radius 1 is 1.62 bits per heavy atom. The minimum Gasteiger partial charge on any atom is -0.381 e. The first-order valence-electron chi connectivity index (χ1n) is 5.25. The first-order valence-corrected chi connectivity index (χ1v) is 6.73. The summed E-state index contributed by atoms with van der Waals surface area (Å²) in [6, 6.07) is 0. The second-order valence-electron chi connectivity index (χ2n) is 3.83. The van der Waals surface area contributed by atoms with Crippen molar-refractivity contribution in [3.8, 4) is 0 Å². The molecule has 0 saturated carbocycles. The molecule has 0 amide bonds. The number of ether oxygens (including phenoxy) is 1. The lowest BCUT2D eigenvalue weighted by molar-refractivity contribution is 0.0568. The van der Waals surface area contributed by atoms with Crippen molar-refractivity contribution in [3.63, 3.8) is 0 Å². The van der Waals surface area contributed by atoms with Crippen LogP contribution in [0.1, 0.15) is 12.8 Å². The Morgan fingerprint density at radius 2 is 2.50 bits per heavy atom. The number of aromatic amines is 1. The maximum absolute atomic E-state index is 11.7. The molecule has 6 nitrogen and oxygen atoms in total. The summed E-state index contributed by atoms with van der Waals surface area (Å²) in [5.41, 5.74) is 0. The van der Waals surface area contributed by atoms with Gasteiger partial charge in [-0.15, -0.1) is 0 Å². The summed E-state index contributed by atoms with van der Waals surface area (Å²) >= 11 is 0. The maximum atomic E-state index is 11.7. The summed E-state index contributed by atoms with van der Waals surface area (Å²) in [7, 11) is -3.49. The van der Waals surface area contributed by atoms with Crippen LogP contribution >= 0.6 is 0 Å². The van der Waals surface area contributed by atoms with E-state index in [2.05, 4.69) is 14.7 Å². The van der Waals surface area contributed by atoms with Gasteiger partial charge in [0.15, 0.2) is 0 Å². The van der Waals surface area contributed by atoms with E-state index in [4.69, 9.17) is 4.74 Å². The first kappa shape index (κ1) is 11.6. The largest absolute Gasteiger partial charge is 0.381 e. The number of sulfonamides is 1. The summed E-state index contributed by atoms with van der Waals surface area (Å²) in [6.45, 7) is 1.81. The fraction of sp³-hybridized carbons (Fsp3) is 0.667. The molecule has 1 fully saturated rings. The number of nitrogens with zero attached hydrogens (tertiary/aromatic N) is 1. The molecule has 1 aliphatic heterocycles. The standard InChI is InChI=1S/C9H15N3O3S/c13-16(14,9-10-3-4-11-9)12-6-8-2-1-5-15-7-8/h3-4,8,12H,1-2,5-7H2,(H,10,11). The third-order valence-electron chi connectivity index (χ3n) is 2.54. The van der Waals surface area contributed by atoms with Crippen molar-refractivity contribution in [2.45, 2.75) is 18.0 Å². The van der Waals surface area contributed by atoms with E-state index in [1.807, 2.05) is 0 Å². The highest BCUT2D eigenvalue weighted by atomic mass is 32.2. The topological polar surface area (TPSA) is 84.1 Å². The zero-order valence-electron chi connectivity index (χ0n) is 8.85. The molecule has 0 aliphatic carbocycles. The molecule has 0 spiro atoms. The molecule has 2 rings (SSSR count). The van der Waals surface area contributed by atoms with Crippen molar-refractivity contribution in [1.29, 1.82) is 0 Å². The predicted molar refractivity (Wildman–Crippen MR) is 57.3 cm³/mol. The van der Waals surface area contributed by atoms with Gasteiger partial charge in [0, 0.05) is 25.5 Å². The monoisotopic (exact) mass is 245 g/mol. The number of aromatic nitrogens is 2. The van der Waals surface area contributed by atoms with Gasteiger partial charge in [-0.3, -0.25) is 0 Å². The molecule has 1 atom stereocenters. The van der Waals surface area contributed by atoms with Crippen molar-refractivity contribution in [3.05, 3.63) is 12.4 Å². The van der Waals surface area contributed by atoms with Crippen LogP contribution in [0.2, 0.25) is 0 Å². The van der Waals surface area contributed by atoms with E-state index in [0.29, 0.717) is 13.2 Å². The Bertz CT molecular complexity index is 409. The Labute approximate surface area is 94.5 Å². The second kappa shape index (κ2) is 4.94. The molecule has 1 aliphatic rings. The molecule has 7 heteroatoms. The van der Waals surface area contributed by atoms with Crippen molar-refractivity contribution in [2.75, 3.05) is 19.8 Å². The van der Waals surface area contributed by atoms with Gasteiger partial charge in [0.05, 0.1) is 6.61 Å². The Hall–Kier alpha value is -0.920. The van der Waals surface area contributed by atoms with E-state index in [0.717, 1.165) is 19.4 Å². The summed E-state index contributed by atoms with van der Waals surface area (Å²) < 4.78 is 31.2. The Kier molecular flexibility index (Phi) is 3.57. The molecule has 2 N–H and O–H groups in total. The molecule has 0 aromatic carbocycles. The minimum absolute atomic E-state index is 0.0378. The molecule has 16 heavy (non-hydrogen) atoms. The predicted octanol–water partition coefficient (Wildman–Crippen LogP) is 0.115. The summed E-state index contributed by atoms with van der Waals surface area (Å²) in [5.74, 6) is 0.262. The van der Waals surface area contributed by atoms with Gasteiger partial charge in [-0.1, -0.05) is 0 Å². The van der Waals surface area contributed by atoms with Gasteiger partial charge in [0.25, 0.3) is 10.0 Å². The maximum Gasteiger partial charge on any atom is 0.274 e. The van der Waals surface area contributed by atoms with Crippen LogP contribution < -0.4 is 4.72 Å². The van der Waals surface area contributed by atoms with Gasteiger partial charge in [0.2, 0.25) is 5.16 Å². The van der Waals surface area contributed by atoms with E-state index >= 15 is 0 Å². The van der Waals surface area contributed by atoms with Gasteiger partial charge >= 0.3 is 0 Å². The van der Waals surface area contributed by atoms with Crippen LogP contribution in [0.3, 0.4) is 0 Å². The number of rotatable bonds is 4. The smallest absolute Gasteiger partial charge is 0.274 e. The average molecular weight is 245 g/mol. The zero-order valence-corrected chi connectivity index (χ0v) is 9.66. The van der Waals surface area contributed by atoms with Crippen LogP contribution in [0, 0.1) is 5.92 Å². The van der Waals surface area contributed by atoms with E-state index in [1.54, 1.807) is 0 Å². The second-order valence-corrected chi connectivity index (χ2v) is 5.51. The van der Waals surface area contributed by atoms with Crippen molar-refractivity contribution < 1.29 is 13.2 Å². The zero-order chi connectivity index (χ0) is 11.4. The quantitative estimate of drug-likeness (QED) is 0.789. The number of hydrogen-bond acceptors (Lipinski definition) is 4. The van der Waals surface area contributed by atoms with Crippen LogP contribution in [0.4, 0.5) is 0 Å². The van der Waals surface area contributed by atoms with Crippen LogP contribution in [-0.2, 0) is 14.8 Å². The molecule has 2 heterocycles. The van der Waals surface area contributed by atoms with Gasteiger partial charge in [-0.2, -0.15) is 0 Å². The van der Waals surface area contributed by atoms with E-state index in [-0.39, 0.29) is 11.1 Å². The lowest BCUT2D eigenvalue weighted by Crippen LogP contribution is -2.33. The summed E-state index contributed by atoms with van der Waals surface area (Å²) in [5, 5.41) is -0.0378. The molecule has 90 valence electrons. The van der Waals surface area contributed by atoms with Gasteiger partial charge in [-0.25, -0.2) is 18.1 Å². The van der Waals surface area contributed by atoms with Crippen LogP contribution in [-0.4, -0.2) is 38.1 Å². The van der Waals surface area contributed by atoms with E-state index in [9.17, 15) is 8.42 Å². The molecule has 1 aromatic rings. The van der Waals surface area contributed by atoms with Crippen LogP contribution in [0.5, 0.6) is 0 Å². The third-order valence-corrected chi connectivity index (χ3v) is 3.82. The SMILES string of the molecule is O=S(=O)(NCC1CCCOC1)c1ncc[nH]1. The number of hydrogen-bond donors (Lipinski definition) is 2. The highest BCUT2D eigenvalue weighted by molar-refractivity contribution is 7.89. The van der Waals surface area contributed by atoms with Crippen molar-refractivity contribution in [2.24, 2.45) is 5.92 Å². The van der Waals surface area contributed by atoms with Crippen LogP contribution in [0.15, 0.2) is 17.6 Å². The molecule has 1 saturated heterocycles. The van der Waals surface area contributed by atoms with Crippen LogP contribution in [0.25, 0.3) is 0 Å². The van der Waals surface area contributed by atoms with Gasteiger partial charge in [-0.05, 0) is 18.8 Å². The molecule has 1 unspecified atom stereocenters. The Balaban J connectivity index is 1.89. The molecule has 1 aromatic heterocycles. The summed E-state index contributed by atoms with van der Waals surface area (Å²) in [6.07, 6.45) is 4.89. The van der Waals surface area contributed by atoms with Gasteiger partial charge < -0.3 is 9.72 Å². The normalized spacial score (nSPS) is 22.1. The Morgan fingerprint density at radius 3 is 3.12 bits per heavy atom. The number of H-pyrrole nitrogens is 1. The highest BCUT2D eigenvalue weighted by Gasteiger charge is 2.20. The first-order chi connectivity index (χ1) is 7.68. The molecular formula is C9H15N3O3S. The van der Waals surface area contributed by atoms with Crippen molar-refractivity contribution >= 4 is 10.0 Å². The fourth-order valence-electron chi connectivity index (χ4n) is 1.66. The number of imidazole rings is 1. The van der Waals surface area contributed by atoms with Crippen molar-refractivity contribution in [1.82, 2.24) is 14.7 Å². The summed E-state index contributed by atoms with van der Waals surface area (Å²) in [4.78, 5) is 6.29. The van der Waals surface area contributed by atoms with E-state index < -0.39 is 10.0 Å². The molecular weight excluding hydrogens is 230 g/mol.